The topological polar surface area (TPSA) is 91.8 Å². The molecule has 29 heavy (non-hydrogen) atoms. The van der Waals surface area contributed by atoms with Crippen LogP contribution in [0.5, 0.6) is 0 Å². The van der Waals surface area contributed by atoms with E-state index in [9.17, 15) is 9.59 Å². The summed E-state index contributed by atoms with van der Waals surface area (Å²) in [6, 6.07) is 14.6. The number of amides is 2. The lowest BCUT2D eigenvalue weighted by Gasteiger charge is -2.14. The summed E-state index contributed by atoms with van der Waals surface area (Å²) in [4.78, 5) is 28.6. The fourth-order valence-electron chi connectivity index (χ4n) is 2.99. The second kappa shape index (κ2) is 9.84. The molecule has 0 aromatic heterocycles. The molecule has 1 heterocycles. The van der Waals surface area contributed by atoms with Gasteiger partial charge in [-0.3, -0.25) is 14.9 Å². The number of rotatable bonds is 5. The van der Waals surface area contributed by atoms with Gasteiger partial charge in [0.05, 0.1) is 12.6 Å². The highest BCUT2D eigenvalue weighted by molar-refractivity contribution is 6.10. The first-order valence-electron chi connectivity index (χ1n) is 9.68. The Hall–Kier alpha value is -3.19. The second-order valence-electron chi connectivity index (χ2n) is 7.03. The Bertz CT molecular complexity index is 887. The highest BCUT2D eigenvalue weighted by Gasteiger charge is 2.16. The molecule has 3 rings (SSSR count). The lowest BCUT2D eigenvalue weighted by Crippen LogP contribution is -2.36. The molecule has 0 saturated carbocycles. The minimum Gasteiger partial charge on any atom is -0.376 e. The third-order valence-electron chi connectivity index (χ3n) is 4.47. The zero-order chi connectivity index (χ0) is 20.6. The number of hydrogen-bond acceptors (Lipinski definition) is 4. The average Bonchev–Trinajstić information content (AvgIpc) is 3.21. The van der Waals surface area contributed by atoms with Crippen LogP contribution < -0.4 is 16.0 Å². The summed E-state index contributed by atoms with van der Waals surface area (Å²) in [6.45, 7) is 4.66. The molecule has 0 spiro atoms. The van der Waals surface area contributed by atoms with Crippen molar-refractivity contribution in [2.45, 2.75) is 32.8 Å². The van der Waals surface area contributed by atoms with Crippen LogP contribution in [0.15, 0.2) is 53.5 Å². The lowest BCUT2D eigenvalue weighted by molar-refractivity contribution is -0.114. The highest BCUT2D eigenvalue weighted by Crippen LogP contribution is 2.14. The van der Waals surface area contributed by atoms with E-state index in [0.29, 0.717) is 23.8 Å². The van der Waals surface area contributed by atoms with Crippen LogP contribution in [-0.2, 0) is 9.53 Å². The average molecular weight is 394 g/mol. The maximum Gasteiger partial charge on any atom is 0.258 e. The Morgan fingerprint density at radius 3 is 2.59 bits per heavy atom. The van der Waals surface area contributed by atoms with Gasteiger partial charge in [0.25, 0.3) is 5.91 Å². The Morgan fingerprint density at radius 1 is 1.10 bits per heavy atom. The standard InChI is InChI=1S/C22H26N4O3/c1-15-8-10-18(11-9-15)25-22(23-14-20-7-4-12-29-20)26-21(28)17-5-3-6-19(13-17)24-16(2)27/h3,5-6,8-11,13,20H,4,7,12,14H2,1-2H3,(H,24,27)(H2,23,25,26,28). The van der Waals surface area contributed by atoms with E-state index in [1.54, 1.807) is 24.3 Å². The summed E-state index contributed by atoms with van der Waals surface area (Å²) in [7, 11) is 0. The van der Waals surface area contributed by atoms with E-state index in [1.165, 1.54) is 6.92 Å². The minimum absolute atomic E-state index is 0.0739. The number of nitrogens with zero attached hydrogens (tertiary/aromatic N) is 1. The van der Waals surface area contributed by atoms with Crippen LogP contribution in [0.4, 0.5) is 11.4 Å². The molecule has 1 aliphatic rings. The van der Waals surface area contributed by atoms with Crippen molar-refractivity contribution in [1.82, 2.24) is 5.32 Å². The van der Waals surface area contributed by atoms with Crippen LogP contribution in [0.3, 0.4) is 0 Å². The van der Waals surface area contributed by atoms with Gasteiger partial charge in [-0.15, -0.1) is 0 Å². The zero-order valence-electron chi connectivity index (χ0n) is 16.7. The Kier molecular flexibility index (Phi) is 6.97. The molecule has 1 atom stereocenters. The predicted octanol–water partition coefficient (Wildman–Crippen LogP) is 3.33. The van der Waals surface area contributed by atoms with Crippen LogP contribution in [-0.4, -0.2) is 37.0 Å². The smallest absolute Gasteiger partial charge is 0.258 e. The molecule has 7 nitrogen and oxygen atoms in total. The molecule has 1 fully saturated rings. The first kappa shape index (κ1) is 20.5. The predicted molar refractivity (Wildman–Crippen MR) is 114 cm³/mol. The Labute approximate surface area is 170 Å². The molecule has 3 N–H and O–H groups in total. The SMILES string of the molecule is CC(=O)Nc1cccc(C(=O)NC(=NCC2CCCO2)Nc2ccc(C)cc2)c1. The van der Waals surface area contributed by atoms with Gasteiger partial charge in [-0.05, 0) is 50.1 Å². The third kappa shape index (κ3) is 6.43. The quantitative estimate of drug-likeness (QED) is 0.536. The largest absolute Gasteiger partial charge is 0.376 e. The minimum atomic E-state index is -0.317. The maximum absolute atomic E-state index is 12.8. The summed E-state index contributed by atoms with van der Waals surface area (Å²) in [5.74, 6) is -0.149. The molecular formula is C22H26N4O3. The number of guanidine groups is 1. The van der Waals surface area contributed by atoms with Crippen LogP contribution in [0.1, 0.15) is 35.7 Å². The van der Waals surface area contributed by atoms with E-state index in [4.69, 9.17) is 4.74 Å². The number of aliphatic imine (C=N–C) groups is 1. The van der Waals surface area contributed by atoms with Crippen LogP contribution in [0, 0.1) is 6.92 Å². The first-order valence-corrected chi connectivity index (χ1v) is 9.68. The molecule has 0 aliphatic carbocycles. The highest BCUT2D eigenvalue weighted by atomic mass is 16.5. The molecule has 152 valence electrons. The number of benzene rings is 2. The summed E-state index contributed by atoms with van der Waals surface area (Å²) >= 11 is 0. The second-order valence-corrected chi connectivity index (χ2v) is 7.03. The molecule has 0 bridgehead atoms. The van der Waals surface area contributed by atoms with E-state index >= 15 is 0 Å². The van der Waals surface area contributed by atoms with Gasteiger partial charge in [-0.1, -0.05) is 23.8 Å². The number of ether oxygens (including phenoxy) is 1. The fraction of sp³-hybridized carbons (Fsp3) is 0.318. The fourth-order valence-corrected chi connectivity index (χ4v) is 2.99. The van der Waals surface area contributed by atoms with Gasteiger partial charge >= 0.3 is 0 Å². The maximum atomic E-state index is 12.8. The van der Waals surface area contributed by atoms with Gasteiger partial charge in [0.15, 0.2) is 0 Å². The van der Waals surface area contributed by atoms with E-state index < -0.39 is 0 Å². The number of carbonyl (C=O) groups is 2. The lowest BCUT2D eigenvalue weighted by atomic mass is 10.2. The van der Waals surface area contributed by atoms with Crippen molar-refractivity contribution < 1.29 is 14.3 Å². The summed E-state index contributed by atoms with van der Waals surface area (Å²) in [5.41, 5.74) is 2.96. The van der Waals surface area contributed by atoms with Gasteiger partial charge in [-0.25, -0.2) is 4.99 Å². The molecule has 2 aromatic carbocycles. The van der Waals surface area contributed by atoms with E-state index in [-0.39, 0.29) is 17.9 Å². The summed E-state index contributed by atoms with van der Waals surface area (Å²) in [5, 5.41) is 8.68. The summed E-state index contributed by atoms with van der Waals surface area (Å²) in [6.07, 6.45) is 2.07. The van der Waals surface area contributed by atoms with Crippen molar-refractivity contribution in [1.29, 1.82) is 0 Å². The van der Waals surface area contributed by atoms with Crippen LogP contribution in [0.25, 0.3) is 0 Å². The van der Waals surface area contributed by atoms with Crippen molar-refractivity contribution in [2.75, 3.05) is 23.8 Å². The Balaban J connectivity index is 1.74. The van der Waals surface area contributed by atoms with Crippen LogP contribution >= 0.6 is 0 Å². The molecule has 0 radical (unpaired) electrons. The number of nitrogens with one attached hydrogen (secondary N) is 3. The van der Waals surface area contributed by atoms with E-state index in [0.717, 1.165) is 30.7 Å². The van der Waals surface area contributed by atoms with Crippen LogP contribution in [0.2, 0.25) is 0 Å². The third-order valence-corrected chi connectivity index (χ3v) is 4.47. The zero-order valence-corrected chi connectivity index (χ0v) is 16.7. The van der Waals surface area contributed by atoms with Gasteiger partial charge in [-0.2, -0.15) is 0 Å². The monoisotopic (exact) mass is 394 g/mol. The van der Waals surface area contributed by atoms with Gasteiger partial charge in [0.2, 0.25) is 11.9 Å². The molecule has 7 heteroatoms. The number of aryl methyl sites for hydroxylation is 1. The van der Waals surface area contributed by atoms with Gasteiger partial charge in [0, 0.05) is 30.5 Å². The summed E-state index contributed by atoms with van der Waals surface area (Å²) < 4.78 is 5.62. The molecule has 2 amide bonds. The molecular weight excluding hydrogens is 368 g/mol. The number of anilines is 2. The van der Waals surface area contributed by atoms with Crippen molar-refractivity contribution in [2.24, 2.45) is 4.99 Å². The van der Waals surface area contributed by atoms with Gasteiger partial charge < -0.3 is 15.4 Å². The number of hydrogen-bond donors (Lipinski definition) is 3. The first-order chi connectivity index (χ1) is 14.0. The normalized spacial score (nSPS) is 16.3. The molecule has 1 unspecified atom stereocenters. The molecule has 2 aromatic rings. The molecule has 1 saturated heterocycles. The molecule has 1 aliphatic heterocycles. The van der Waals surface area contributed by atoms with Crippen molar-refractivity contribution >= 4 is 29.1 Å². The van der Waals surface area contributed by atoms with Crippen molar-refractivity contribution in [3.05, 3.63) is 59.7 Å². The number of carbonyl (C=O) groups excluding carboxylic acids is 2. The van der Waals surface area contributed by atoms with E-state index in [1.807, 2.05) is 31.2 Å². The van der Waals surface area contributed by atoms with Crippen molar-refractivity contribution in [3.63, 3.8) is 0 Å². The van der Waals surface area contributed by atoms with Crippen molar-refractivity contribution in [3.8, 4) is 0 Å². The van der Waals surface area contributed by atoms with E-state index in [2.05, 4.69) is 20.9 Å². The van der Waals surface area contributed by atoms with Gasteiger partial charge in [0.1, 0.15) is 0 Å². The Morgan fingerprint density at radius 2 is 1.90 bits per heavy atom.